The molecule has 1 atom stereocenters. The molecule has 0 aliphatic heterocycles. The highest BCUT2D eigenvalue weighted by Crippen LogP contribution is 2.26. The van der Waals surface area contributed by atoms with Crippen molar-refractivity contribution in [2.75, 3.05) is 0 Å². The molecule has 0 spiro atoms. The normalized spacial score (nSPS) is 12.7. The minimum Gasteiger partial charge on any atom is -0.466 e. The molecule has 0 bridgehead atoms. The molecule has 2 N–H and O–H groups in total. The molecule has 2 rings (SSSR count). The van der Waals surface area contributed by atoms with Crippen molar-refractivity contribution in [2.45, 2.75) is 12.5 Å². The van der Waals surface area contributed by atoms with Crippen LogP contribution >= 0.6 is 15.9 Å². The Kier molecular flexibility index (Phi) is 3.59. The number of hydrogen-bond donors (Lipinski definition) is 1. The van der Waals surface area contributed by atoms with Crippen molar-refractivity contribution < 1.29 is 13.2 Å². The first kappa shape index (κ1) is 12.3. The molecular formula is C12H10BrF2NO. The largest absolute Gasteiger partial charge is 0.466 e. The van der Waals surface area contributed by atoms with E-state index in [2.05, 4.69) is 15.9 Å². The standard InChI is InChI=1S/C12H10BrF2NO/c13-9-3-4-17-12(9)11(16)5-7-1-2-8(14)6-10(7)15/h1-4,6,11H,5,16H2. The third-order valence-electron chi connectivity index (χ3n) is 2.44. The number of rotatable bonds is 3. The molecule has 0 aliphatic carbocycles. The number of nitrogens with two attached hydrogens (primary N) is 1. The fourth-order valence-corrected chi connectivity index (χ4v) is 2.08. The zero-order valence-corrected chi connectivity index (χ0v) is 10.4. The maximum Gasteiger partial charge on any atom is 0.134 e. The van der Waals surface area contributed by atoms with E-state index < -0.39 is 17.7 Å². The Hall–Kier alpha value is -1.20. The highest BCUT2D eigenvalue weighted by Gasteiger charge is 2.16. The molecule has 17 heavy (non-hydrogen) atoms. The Labute approximate surface area is 106 Å². The zero-order valence-electron chi connectivity index (χ0n) is 8.79. The van der Waals surface area contributed by atoms with Crippen molar-refractivity contribution >= 4 is 15.9 Å². The van der Waals surface area contributed by atoms with Crippen molar-refractivity contribution in [1.82, 2.24) is 0 Å². The highest BCUT2D eigenvalue weighted by atomic mass is 79.9. The molecule has 2 nitrogen and oxygen atoms in total. The van der Waals surface area contributed by atoms with Crippen LogP contribution in [0.2, 0.25) is 0 Å². The van der Waals surface area contributed by atoms with E-state index in [-0.39, 0.29) is 6.42 Å². The van der Waals surface area contributed by atoms with Gasteiger partial charge < -0.3 is 10.2 Å². The fraction of sp³-hybridized carbons (Fsp3) is 0.167. The molecule has 1 aromatic heterocycles. The van der Waals surface area contributed by atoms with Crippen LogP contribution in [-0.2, 0) is 6.42 Å². The SMILES string of the molecule is NC(Cc1ccc(F)cc1F)c1occc1Br. The van der Waals surface area contributed by atoms with E-state index in [4.69, 9.17) is 10.2 Å². The van der Waals surface area contributed by atoms with Crippen LogP contribution in [0.3, 0.4) is 0 Å². The first-order valence-electron chi connectivity index (χ1n) is 5.00. The fourth-order valence-electron chi connectivity index (χ4n) is 1.59. The van der Waals surface area contributed by atoms with Crippen LogP contribution in [-0.4, -0.2) is 0 Å². The van der Waals surface area contributed by atoms with Gasteiger partial charge in [-0.3, -0.25) is 0 Å². The second-order valence-corrected chi connectivity index (χ2v) is 4.53. The van der Waals surface area contributed by atoms with Crippen LogP contribution in [0, 0.1) is 11.6 Å². The molecule has 1 heterocycles. The van der Waals surface area contributed by atoms with Crippen molar-refractivity contribution in [3.8, 4) is 0 Å². The summed E-state index contributed by atoms with van der Waals surface area (Å²) in [5.41, 5.74) is 6.26. The average Bonchev–Trinajstić information content (AvgIpc) is 2.68. The van der Waals surface area contributed by atoms with Crippen molar-refractivity contribution in [3.63, 3.8) is 0 Å². The van der Waals surface area contributed by atoms with Crippen LogP contribution < -0.4 is 5.73 Å². The summed E-state index contributed by atoms with van der Waals surface area (Å²) in [7, 11) is 0. The Balaban J connectivity index is 2.19. The first-order valence-corrected chi connectivity index (χ1v) is 5.79. The number of furan rings is 1. The molecule has 1 unspecified atom stereocenters. The summed E-state index contributed by atoms with van der Waals surface area (Å²) < 4.78 is 32.1. The van der Waals surface area contributed by atoms with Gasteiger partial charge in [-0.2, -0.15) is 0 Å². The monoisotopic (exact) mass is 301 g/mol. The molecule has 0 radical (unpaired) electrons. The minimum atomic E-state index is -0.598. The summed E-state index contributed by atoms with van der Waals surface area (Å²) in [6.07, 6.45) is 1.75. The molecule has 0 amide bonds. The lowest BCUT2D eigenvalue weighted by atomic mass is 10.0. The lowest BCUT2D eigenvalue weighted by molar-refractivity contribution is 0.457. The predicted molar refractivity (Wildman–Crippen MR) is 63.4 cm³/mol. The van der Waals surface area contributed by atoms with Gasteiger partial charge in [-0.15, -0.1) is 0 Å². The van der Waals surface area contributed by atoms with Gasteiger partial charge in [-0.05, 0) is 40.0 Å². The summed E-state index contributed by atoms with van der Waals surface area (Å²) in [5, 5.41) is 0. The molecule has 5 heteroatoms. The molecule has 90 valence electrons. The Morgan fingerprint density at radius 1 is 1.29 bits per heavy atom. The van der Waals surface area contributed by atoms with Crippen molar-refractivity contribution in [2.24, 2.45) is 5.73 Å². The van der Waals surface area contributed by atoms with Crippen LogP contribution in [0.15, 0.2) is 39.4 Å². The lowest BCUT2D eigenvalue weighted by Crippen LogP contribution is -2.14. The van der Waals surface area contributed by atoms with Gasteiger partial charge in [-0.1, -0.05) is 6.07 Å². The van der Waals surface area contributed by atoms with Crippen LogP contribution in [0.25, 0.3) is 0 Å². The Bertz CT molecular complexity index is 527. The van der Waals surface area contributed by atoms with E-state index in [1.165, 1.54) is 18.4 Å². The summed E-state index contributed by atoms with van der Waals surface area (Å²) in [6, 6.07) is 4.69. The molecule has 0 aliphatic rings. The maximum atomic E-state index is 13.4. The van der Waals surface area contributed by atoms with E-state index in [9.17, 15) is 8.78 Å². The van der Waals surface area contributed by atoms with Crippen LogP contribution in [0.5, 0.6) is 0 Å². The van der Waals surface area contributed by atoms with Gasteiger partial charge in [0.15, 0.2) is 0 Å². The van der Waals surface area contributed by atoms with E-state index in [0.717, 1.165) is 10.5 Å². The van der Waals surface area contributed by atoms with Gasteiger partial charge >= 0.3 is 0 Å². The molecule has 0 saturated carbocycles. The second kappa shape index (κ2) is 4.98. The summed E-state index contributed by atoms with van der Waals surface area (Å²) in [4.78, 5) is 0. The predicted octanol–water partition coefficient (Wildman–Crippen LogP) is 3.56. The minimum absolute atomic E-state index is 0.248. The summed E-state index contributed by atoms with van der Waals surface area (Å²) in [5.74, 6) is -0.643. The zero-order chi connectivity index (χ0) is 12.4. The van der Waals surface area contributed by atoms with Gasteiger partial charge in [0.1, 0.15) is 17.4 Å². The second-order valence-electron chi connectivity index (χ2n) is 3.68. The van der Waals surface area contributed by atoms with Gasteiger partial charge in [0.25, 0.3) is 0 Å². The highest BCUT2D eigenvalue weighted by molar-refractivity contribution is 9.10. The molecular weight excluding hydrogens is 292 g/mol. The van der Waals surface area contributed by atoms with Gasteiger partial charge in [0, 0.05) is 6.07 Å². The Morgan fingerprint density at radius 2 is 2.06 bits per heavy atom. The first-order chi connectivity index (χ1) is 8.08. The van der Waals surface area contributed by atoms with Crippen molar-refractivity contribution in [3.05, 3.63) is 58.0 Å². The third-order valence-corrected chi connectivity index (χ3v) is 3.09. The summed E-state index contributed by atoms with van der Waals surface area (Å²) >= 11 is 3.28. The number of benzene rings is 1. The lowest BCUT2D eigenvalue weighted by Gasteiger charge is -2.10. The molecule has 2 aromatic rings. The molecule has 0 saturated heterocycles. The van der Waals surface area contributed by atoms with E-state index in [0.29, 0.717) is 11.3 Å². The third kappa shape index (κ3) is 2.73. The van der Waals surface area contributed by atoms with Gasteiger partial charge in [0.05, 0.1) is 16.8 Å². The van der Waals surface area contributed by atoms with Crippen molar-refractivity contribution in [1.29, 1.82) is 0 Å². The Morgan fingerprint density at radius 3 is 2.65 bits per heavy atom. The topological polar surface area (TPSA) is 39.2 Å². The van der Waals surface area contributed by atoms with Crippen LogP contribution in [0.4, 0.5) is 8.78 Å². The summed E-state index contributed by atoms with van der Waals surface area (Å²) in [6.45, 7) is 0. The van der Waals surface area contributed by atoms with E-state index in [1.54, 1.807) is 6.07 Å². The molecule has 0 fully saturated rings. The van der Waals surface area contributed by atoms with Gasteiger partial charge in [0.2, 0.25) is 0 Å². The number of halogens is 3. The number of hydrogen-bond acceptors (Lipinski definition) is 2. The quantitative estimate of drug-likeness (QED) is 0.941. The average molecular weight is 302 g/mol. The maximum absolute atomic E-state index is 13.4. The van der Waals surface area contributed by atoms with E-state index in [1.807, 2.05) is 0 Å². The van der Waals surface area contributed by atoms with Crippen LogP contribution in [0.1, 0.15) is 17.4 Å². The molecule has 1 aromatic carbocycles. The smallest absolute Gasteiger partial charge is 0.134 e. The van der Waals surface area contributed by atoms with E-state index >= 15 is 0 Å². The van der Waals surface area contributed by atoms with Gasteiger partial charge in [-0.25, -0.2) is 8.78 Å².